The molecule has 1 aliphatic rings. The highest BCUT2D eigenvalue weighted by Gasteiger charge is 2.36. The minimum Gasteiger partial charge on any atom is -0.497 e. The van der Waals surface area contributed by atoms with E-state index >= 15 is 0 Å². The van der Waals surface area contributed by atoms with E-state index in [-0.39, 0.29) is 18.7 Å². The number of rotatable bonds is 5. The number of nitrogens with zero attached hydrogens (tertiary/aromatic N) is 1. The normalized spacial score (nSPS) is 19.0. The minimum absolute atomic E-state index is 0.121. The molecule has 0 aromatic heterocycles. The third kappa shape index (κ3) is 5.03. The molecule has 1 fully saturated rings. The number of likely N-dealkylation sites (tertiary alicyclic amines) is 1. The molecule has 1 amide bonds. The average Bonchev–Trinajstić information content (AvgIpc) is 3.01. The van der Waals surface area contributed by atoms with E-state index in [4.69, 9.17) is 14.2 Å². The van der Waals surface area contributed by atoms with Crippen LogP contribution in [0.1, 0.15) is 33.6 Å². The zero-order chi connectivity index (χ0) is 17.7. The standard InChI is InChI=1S/C18H27NO5/c1-18(2,3)24-17(21)19-11-5-6-15(19)16(20)12-23-14-9-7-13(22-4)8-10-14/h7-10,15-16,20H,5-6,11-12H2,1-4H3. The zero-order valence-corrected chi connectivity index (χ0v) is 14.8. The maximum Gasteiger partial charge on any atom is 0.410 e. The Balaban J connectivity index is 1.90. The number of ether oxygens (including phenoxy) is 3. The first-order chi connectivity index (χ1) is 11.3. The zero-order valence-electron chi connectivity index (χ0n) is 14.8. The van der Waals surface area contributed by atoms with Gasteiger partial charge in [0.15, 0.2) is 0 Å². The summed E-state index contributed by atoms with van der Waals surface area (Å²) >= 11 is 0. The maximum absolute atomic E-state index is 12.3. The topological polar surface area (TPSA) is 68.2 Å². The highest BCUT2D eigenvalue weighted by atomic mass is 16.6. The summed E-state index contributed by atoms with van der Waals surface area (Å²) in [4.78, 5) is 13.9. The highest BCUT2D eigenvalue weighted by molar-refractivity contribution is 5.69. The highest BCUT2D eigenvalue weighted by Crippen LogP contribution is 2.24. The predicted octanol–water partition coefficient (Wildman–Crippen LogP) is 2.83. The monoisotopic (exact) mass is 337 g/mol. The number of carbonyl (C=O) groups excluding carboxylic acids is 1. The van der Waals surface area contributed by atoms with Gasteiger partial charge in [0, 0.05) is 6.54 Å². The average molecular weight is 337 g/mol. The van der Waals surface area contributed by atoms with Gasteiger partial charge in [-0.15, -0.1) is 0 Å². The molecule has 6 nitrogen and oxygen atoms in total. The van der Waals surface area contributed by atoms with Crippen LogP contribution < -0.4 is 9.47 Å². The van der Waals surface area contributed by atoms with Gasteiger partial charge in [-0.05, 0) is 57.9 Å². The van der Waals surface area contributed by atoms with E-state index in [9.17, 15) is 9.90 Å². The van der Waals surface area contributed by atoms with E-state index in [1.54, 1.807) is 36.3 Å². The van der Waals surface area contributed by atoms with Crippen LogP contribution in [0.2, 0.25) is 0 Å². The van der Waals surface area contributed by atoms with Crippen molar-refractivity contribution in [2.45, 2.75) is 51.4 Å². The molecule has 24 heavy (non-hydrogen) atoms. The first-order valence-electron chi connectivity index (χ1n) is 8.24. The van der Waals surface area contributed by atoms with Gasteiger partial charge in [-0.2, -0.15) is 0 Å². The molecule has 1 aromatic carbocycles. The van der Waals surface area contributed by atoms with E-state index in [2.05, 4.69) is 0 Å². The van der Waals surface area contributed by atoms with Crippen molar-refractivity contribution < 1.29 is 24.1 Å². The van der Waals surface area contributed by atoms with E-state index in [0.29, 0.717) is 12.3 Å². The lowest BCUT2D eigenvalue weighted by molar-refractivity contribution is -0.00353. The van der Waals surface area contributed by atoms with Crippen molar-refractivity contribution in [1.82, 2.24) is 4.90 Å². The van der Waals surface area contributed by atoms with E-state index < -0.39 is 11.7 Å². The fraction of sp³-hybridized carbons (Fsp3) is 0.611. The molecular formula is C18H27NO5. The van der Waals surface area contributed by atoms with Crippen molar-refractivity contribution in [3.8, 4) is 11.5 Å². The number of aliphatic hydroxyl groups is 1. The lowest BCUT2D eigenvalue weighted by Gasteiger charge is -2.31. The third-order valence-corrected chi connectivity index (χ3v) is 3.85. The summed E-state index contributed by atoms with van der Waals surface area (Å²) in [5, 5.41) is 10.4. The Hall–Kier alpha value is -1.95. The van der Waals surface area contributed by atoms with Crippen molar-refractivity contribution in [2.24, 2.45) is 0 Å². The van der Waals surface area contributed by atoms with Crippen LogP contribution in [0.5, 0.6) is 11.5 Å². The summed E-state index contributed by atoms with van der Waals surface area (Å²) in [6.45, 7) is 6.22. The van der Waals surface area contributed by atoms with Crippen LogP contribution in [0.25, 0.3) is 0 Å². The second-order valence-corrected chi connectivity index (χ2v) is 6.94. The van der Waals surface area contributed by atoms with Gasteiger partial charge in [-0.25, -0.2) is 4.79 Å². The fourth-order valence-corrected chi connectivity index (χ4v) is 2.70. The molecule has 0 aliphatic carbocycles. The molecule has 1 saturated heterocycles. The van der Waals surface area contributed by atoms with Gasteiger partial charge < -0.3 is 24.2 Å². The molecule has 1 N–H and O–H groups in total. The Morgan fingerprint density at radius 1 is 1.29 bits per heavy atom. The molecular weight excluding hydrogens is 310 g/mol. The number of hydrogen-bond acceptors (Lipinski definition) is 5. The van der Waals surface area contributed by atoms with Crippen LogP contribution in [0.15, 0.2) is 24.3 Å². The lowest BCUT2D eigenvalue weighted by Crippen LogP contribution is -2.46. The second-order valence-electron chi connectivity index (χ2n) is 6.94. The summed E-state index contributed by atoms with van der Waals surface area (Å²) in [7, 11) is 1.60. The second kappa shape index (κ2) is 7.75. The summed E-state index contributed by atoms with van der Waals surface area (Å²) < 4.78 is 16.1. The fourth-order valence-electron chi connectivity index (χ4n) is 2.70. The van der Waals surface area contributed by atoms with Crippen LogP contribution in [-0.4, -0.2) is 54.1 Å². The molecule has 1 aliphatic heterocycles. The van der Waals surface area contributed by atoms with Crippen LogP contribution in [-0.2, 0) is 4.74 Å². The molecule has 2 unspecified atom stereocenters. The predicted molar refractivity (Wildman–Crippen MR) is 90.5 cm³/mol. The Morgan fingerprint density at radius 3 is 2.50 bits per heavy atom. The smallest absolute Gasteiger partial charge is 0.410 e. The number of amides is 1. The molecule has 134 valence electrons. The number of carbonyl (C=O) groups is 1. The van der Waals surface area contributed by atoms with Crippen molar-refractivity contribution in [3.63, 3.8) is 0 Å². The van der Waals surface area contributed by atoms with Gasteiger partial charge >= 0.3 is 6.09 Å². The summed E-state index contributed by atoms with van der Waals surface area (Å²) in [5.41, 5.74) is -0.547. The molecule has 0 saturated carbocycles. The quantitative estimate of drug-likeness (QED) is 0.895. The van der Waals surface area contributed by atoms with Gasteiger partial charge in [0.05, 0.1) is 13.2 Å². The Morgan fingerprint density at radius 2 is 1.92 bits per heavy atom. The van der Waals surface area contributed by atoms with Crippen molar-refractivity contribution >= 4 is 6.09 Å². The van der Waals surface area contributed by atoms with Crippen LogP contribution in [0.4, 0.5) is 4.79 Å². The maximum atomic E-state index is 12.3. The Bertz CT molecular complexity index is 537. The first kappa shape index (κ1) is 18.4. The molecule has 0 spiro atoms. The Kier molecular flexibility index (Phi) is 5.94. The van der Waals surface area contributed by atoms with Crippen molar-refractivity contribution in [2.75, 3.05) is 20.3 Å². The van der Waals surface area contributed by atoms with E-state index in [0.717, 1.165) is 18.6 Å². The molecule has 6 heteroatoms. The minimum atomic E-state index is -0.762. The van der Waals surface area contributed by atoms with Gasteiger partial charge in [-0.3, -0.25) is 0 Å². The molecule has 0 radical (unpaired) electrons. The van der Waals surface area contributed by atoms with Crippen molar-refractivity contribution in [1.29, 1.82) is 0 Å². The number of methoxy groups -OCH3 is 1. The number of hydrogen-bond donors (Lipinski definition) is 1. The number of benzene rings is 1. The van der Waals surface area contributed by atoms with Crippen LogP contribution in [0, 0.1) is 0 Å². The Labute approximate surface area is 143 Å². The number of aliphatic hydroxyl groups excluding tert-OH is 1. The summed E-state index contributed by atoms with van der Waals surface area (Å²) in [6.07, 6.45) is 0.450. The van der Waals surface area contributed by atoms with Crippen LogP contribution >= 0.6 is 0 Å². The van der Waals surface area contributed by atoms with Gasteiger partial charge in [-0.1, -0.05) is 0 Å². The van der Waals surface area contributed by atoms with Gasteiger partial charge in [0.25, 0.3) is 0 Å². The molecule has 2 atom stereocenters. The van der Waals surface area contributed by atoms with Gasteiger partial charge in [0.2, 0.25) is 0 Å². The van der Waals surface area contributed by atoms with Gasteiger partial charge in [0.1, 0.15) is 29.8 Å². The molecule has 0 bridgehead atoms. The van der Waals surface area contributed by atoms with Crippen molar-refractivity contribution in [3.05, 3.63) is 24.3 Å². The SMILES string of the molecule is COc1ccc(OCC(O)C2CCCN2C(=O)OC(C)(C)C)cc1. The molecule has 2 rings (SSSR count). The van der Waals surface area contributed by atoms with E-state index in [1.165, 1.54) is 0 Å². The lowest BCUT2D eigenvalue weighted by atomic mass is 10.1. The third-order valence-electron chi connectivity index (χ3n) is 3.85. The largest absolute Gasteiger partial charge is 0.497 e. The molecule has 1 heterocycles. The summed E-state index contributed by atoms with van der Waals surface area (Å²) in [5.74, 6) is 1.39. The van der Waals surface area contributed by atoms with Crippen LogP contribution in [0.3, 0.4) is 0 Å². The molecule has 1 aromatic rings. The summed E-state index contributed by atoms with van der Waals surface area (Å²) in [6, 6.07) is 6.88. The van der Waals surface area contributed by atoms with E-state index in [1.807, 2.05) is 20.8 Å². The first-order valence-corrected chi connectivity index (χ1v) is 8.24.